The predicted octanol–water partition coefficient (Wildman–Crippen LogP) is 0.0855. The smallest absolute Gasteiger partial charge is 0.337 e. The van der Waals surface area contributed by atoms with Gasteiger partial charge in [0, 0.05) is 0 Å². The Labute approximate surface area is 83.1 Å². The van der Waals surface area contributed by atoms with Crippen LogP contribution in [0.1, 0.15) is 0 Å². The average Bonchev–Trinajstić information content (AvgIpc) is 2.15. The predicted molar refractivity (Wildman–Crippen MR) is 52.5 cm³/mol. The van der Waals surface area contributed by atoms with E-state index in [2.05, 4.69) is 15.0 Å². The van der Waals surface area contributed by atoms with E-state index in [0.717, 1.165) is 0 Å². The summed E-state index contributed by atoms with van der Waals surface area (Å²) >= 11 is 0. The Balaban J connectivity index is 3.17. The van der Waals surface area contributed by atoms with Gasteiger partial charge in [-0.15, -0.1) is 15.0 Å². The maximum Gasteiger partial charge on any atom is 0.337 e. The molecule has 0 fully saturated rings. The second-order valence-corrected chi connectivity index (χ2v) is 3.62. The third-order valence-electron chi connectivity index (χ3n) is 1.55. The van der Waals surface area contributed by atoms with Crippen molar-refractivity contribution >= 4 is 5.95 Å². The summed E-state index contributed by atoms with van der Waals surface area (Å²) in [4.78, 5) is 12.1. The SMILES string of the molecule is COc1nc(OC)nc([N+](C)(C)C)n1. The molecule has 6 nitrogen and oxygen atoms in total. The lowest BCUT2D eigenvalue weighted by atomic mass is 10.6. The molecule has 0 aliphatic heterocycles. The Morgan fingerprint density at radius 2 is 1.29 bits per heavy atom. The lowest BCUT2D eigenvalue weighted by Gasteiger charge is -2.20. The first-order chi connectivity index (χ1) is 6.47. The van der Waals surface area contributed by atoms with Crippen LogP contribution in [0.3, 0.4) is 0 Å². The summed E-state index contributed by atoms with van der Waals surface area (Å²) < 4.78 is 10.4. The van der Waals surface area contributed by atoms with E-state index in [4.69, 9.17) is 9.47 Å². The van der Waals surface area contributed by atoms with E-state index in [-0.39, 0.29) is 12.0 Å². The van der Waals surface area contributed by atoms with Crippen molar-refractivity contribution in [3.63, 3.8) is 0 Å². The highest BCUT2D eigenvalue weighted by Crippen LogP contribution is 2.16. The van der Waals surface area contributed by atoms with E-state index in [1.165, 1.54) is 14.2 Å². The summed E-state index contributed by atoms with van der Waals surface area (Å²) in [6, 6.07) is 0.528. The highest BCUT2D eigenvalue weighted by molar-refractivity contribution is 5.25. The van der Waals surface area contributed by atoms with Crippen LogP contribution in [0.25, 0.3) is 0 Å². The molecule has 0 atom stereocenters. The Hall–Kier alpha value is -1.43. The number of hydrogen-bond donors (Lipinski definition) is 0. The summed E-state index contributed by atoms with van der Waals surface area (Å²) in [5.74, 6) is 0.591. The second-order valence-electron chi connectivity index (χ2n) is 3.62. The van der Waals surface area contributed by atoms with Crippen molar-refractivity contribution in [3.8, 4) is 12.0 Å². The molecule has 1 aromatic heterocycles. The molecule has 0 N–H and O–H groups in total. The molecule has 0 aromatic carbocycles. The minimum atomic E-state index is 0.264. The van der Waals surface area contributed by atoms with Crippen LogP contribution < -0.4 is 14.0 Å². The zero-order valence-electron chi connectivity index (χ0n) is 9.11. The molecule has 1 heterocycles. The van der Waals surface area contributed by atoms with Gasteiger partial charge in [-0.25, -0.2) is 0 Å². The van der Waals surface area contributed by atoms with Crippen LogP contribution in [0.5, 0.6) is 12.0 Å². The minimum Gasteiger partial charge on any atom is -0.466 e. The molecule has 0 aliphatic rings. The number of ether oxygens (including phenoxy) is 2. The van der Waals surface area contributed by atoms with Crippen LogP contribution in [-0.2, 0) is 0 Å². The van der Waals surface area contributed by atoms with E-state index in [0.29, 0.717) is 10.4 Å². The van der Waals surface area contributed by atoms with Gasteiger partial charge in [0.2, 0.25) is 0 Å². The quantitative estimate of drug-likeness (QED) is 0.645. The highest BCUT2D eigenvalue weighted by atomic mass is 16.5. The van der Waals surface area contributed by atoms with E-state index in [9.17, 15) is 0 Å². The summed E-state index contributed by atoms with van der Waals surface area (Å²) in [5.41, 5.74) is 0. The Morgan fingerprint density at radius 1 is 0.857 bits per heavy atom. The first kappa shape index (κ1) is 10.6. The van der Waals surface area contributed by atoms with Gasteiger partial charge in [0.05, 0.1) is 35.4 Å². The van der Waals surface area contributed by atoms with Crippen LogP contribution in [-0.4, -0.2) is 50.3 Å². The zero-order valence-corrected chi connectivity index (χ0v) is 9.11. The zero-order chi connectivity index (χ0) is 10.8. The second kappa shape index (κ2) is 3.75. The standard InChI is InChI=1S/C8H15N4O2/c1-12(2,3)6-9-7(13-4)11-8(10-6)14-5/h1-5H3/q+1. The molecule has 1 aromatic rings. The molecule has 0 unspecified atom stereocenters. The molecule has 6 heteroatoms. The van der Waals surface area contributed by atoms with Gasteiger partial charge in [0.15, 0.2) is 0 Å². The molecule has 1 rings (SSSR count). The molecule has 0 bridgehead atoms. The molecule has 14 heavy (non-hydrogen) atoms. The molecule has 0 spiro atoms. The number of rotatable bonds is 3. The van der Waals surface area contributed by atoms with E-state index >= 15 is 0 Å². The van der Waals surface area contributed by atoms with Gasteiger partial charge in [-0.1, -0.05) is 0 Å². The van der Waals surface area contributed by atoms with Crippen LogP contribution in [0.2, 0.25) is 0 Å². The van der Waals surface area contributed by atoms with Gasteiger partial charge in [-0.3, -0.25) is 4.48 Å². The molecule has 0 aliphatic carbocycles. The number of quaternary nitrogens is 1. The number of hydrogen-bond acceptors (Lipinski definition) is 5. The molecule has 0 saturated heterocycles. The molecular formula is C8H15N4O2+. The fourth-order valence-corrected chi connectivity index (χ4v) is 0.810. The largest absolute Gasteiger partial charge is 0.466 e. The number of methoxy groups -OCH3 is 2. The van der Waals surface area contributed by atoms with Gasteiger partial charge in [-0.2, -0.15) is 0 Å². The normalized spacial score (nSPS) is 11.2. The molecular weight excluding hydrogens is 184 g/mol. The summed E-state index contributed by atoms with van der Waals surface area (Å²) in [7, 11) is 8.87. The summed E-state index contributed by atoms with van der Waals surface area (Å²) in [5, 5.41) is 0. The van der Waals surface area contributed by atoms with Crippen molar-refractivity contribution in [2.24, 2.45) is 0 Å². The topological polar surface area (TPSA) is 57.1 Å². The van der Waals surface area contributed by atoms with Gasteiger partial charge in [0.1, 0.15) is 0 Å². The summed E-state index contributed by atoms with van der Waals surface area (Å²) in [6.07, 6.45) is 0. The molecule has 0 amide bonds. The van der Waals surface area contributed by atoms with Crippen LogP contribution in [0, 0.1) is 0 Å². The molecule has 0 radical (unpaired) electrons. The number of nitrogens with zero attached hydrogens (tertiary/aromatic N) is 4. The Bertz CT molecular complexity index is 299. The van der Waals surface area contributed by atoms with Crippen molar-refractivity contribution in [1.29, 1.82) is 0 Å². The third kappa shape index (κ3) is 2.29. The lowest BCUT2D eigenvalue weighted by Crippen LogP contribution is -2.36. The van der Waals surface area contributed by atoms with Crippen molar-refractivity contribution in [3.05, 3.63) is 0 Å². The fraction of sp³-hybridized carbons (Fsp3) is 0.625. The van der Waals surface area contributed by atoms with Gasteiger partial charge in [-0.05, 0) is 0 Å². The summed E-state index contributed by atoms with van der Waals surface area (Å²) in [6.45, 7) is 0. The number of aromatic nitrogens is 3. The first-order valence-electron chi connectivity index (χ1n) is 4.13. The first-order valence-corrected chi connectivity index (χ1v) is 4.13. The van der Waals surface area contributed by atoms with Crippen LogP contribution >= 0.6 is 0 Å². The maximum atomic E-state index is 4.94. The minimum absolute atomic E-state index is 0.264. The fourth-order valence-electron chi connectivity index (χ4n) is 0.810. The van der Waals surface area contributed by atoms with E-state index < -0.39 is 0 Å². The molecule has 78 valence electrons. The third-order valence-corrected chi connectivity index (χ3v) is 1.55. The monoisotopic (exact) mass is 199 g/mol. The van der Waals surface area contributed by atoms with Crippen molar-refractivity contribution in [2.75, 3.05) is 35.4 Å². The molecule has 0 saturated carbocycles. The van der Waals surface area contributed by atoms with Gasteiger partial charge < -0.3 is 9.47 Å². The van der Waals surface area contributed by atoms with E-state index in [1.54, 1.807) is 0 Å². The highest BCUT2D eigenvalue weighted by Gasteiger charge is 2.20. The van der Waals surface area contributed by atoms with Gasteiger partial charge in [0.25, 0.3) is 0 Å². The Kier molecular flexibility index (Phi) is 2.85. The van der Waals surface area contributed by atoms with Crippen LogP contribution in [0.15, 0.2) is 0 Å². The lowest BCUT2D eigenvalue weighted by molar-refractivity contribution is 0.328. The van der Waals surface area contributed by atoms with Gasteiger partial charge >= 0.3 is 18.0 Å². The maximum absolute atomic E-state index is 4.94. The average molecular weight is 199 g/mol. The van der Waals surface area contributed by atoms with E-state index in [1.807, 2.05) is 21.1 Å². The van der Waals surface area contributed by atoms with Crippen molar-refractivity contribution in [2.45, 2.75) is 0 Å². The van der Waals surface area contributed by atoms with Crippen LogP contribution in [0.4, 0.5) is 5.95 Å². The van der Waals surface area contributed by atoms with Crippen molar-refractivity contribution < 1.29 is 9.47 Å². The van der Waals surface area contributed by atoms with Crippen molar-refractivity contribution in [1.82, 2.24) is 19.4 Å². The Morgan fingerprint density at radius 3 is 1.57 bits per heavy atom.